The Bertz CT molecular complexity index is 1290. The number of anilines is 1. The molecule has 4 rings (SSSR count). The number of benzene rings is 2. The van der Waals surface area contributed by atoms with Crippen LogP contribution < -0.4 is 5.32 Å². The third-order valence-electron chi connectivity index (χ3n) is 5.52. The average Bonchev–Trinajstić information content (AvgIpc) is 3.39. The van der Waals surface area contributed by atoms with E-state index in [-0.39, 0.29) is 11.7 Å². The largest absolute Gasteiger partial charge is 0.325 e. The van der Waals surface area contributed by atoms with E-state index < -0.39 is 0 Å². The molecule has 2 heterocycles. The normalized spacial score (nSPS) is 10.9. The number of carbonyl (C=O) groups excluding carboxylic acids is 1. The summed E-state index contributed by atoms with van der Waals surface area (Å²) in [6, 6.07) is 16.2. The van der Waals surface area contributed by atoms with Crippen LogP contribution in [0, 0.1) is 20.8 Å². The molecule has 5 nitrogen and oxygen atoms in total. The lowest BCUT2D eigenvalue weighted by Crippen LogP contribution is -2.15. The van der Waals surface area contributed by atoms with Gasteiger partial charge in [-0.2, -0.15) is 0 Å². The van der Waals surface area contributed by atoms with E-state index in [2.05, 4.69) is 46.5 Å². The van der Waals surface area contributed by atoms with Crippen LogP contribution in [0.4, 0.5) is 5.69 Å². The Morgan fingerprint density at radius 3 is 2.67 bits per heavy atom. The number of allylic oxidation sites excluding steroid dienone is 1. The fourth-order valence-electron chi connectivity index (χ4n) is 3.67. The van der Waals surface area contributed by atoms with Crippen molar-refractivity contribution < 1.29 is 4.79 Å². The topological polar surface area (TPSA) is 59.8 Å². The molecule has 7 heteroatoms. The first-order chi connectivity index (χ1) is 16.0. The van der Waals surface area contributed by atoms with Gasteiger partial charge in [0.1, 0.15) is 0 Å². The van der Waals surface area contributed by atoms with E-state index in [1.54, 1.807) is 11.3 Å². The molecule has 0 atom stereocenters. The van der Waals surface area contributed by atoms with Gasteiger partial charge in [-0.3, -0.25) is 9.36 Å². The standard InChI is InChI=1S/C26H26N4OS2/c1-5-14-30-25(21-15-32-19(4)24(21)20-11-7-6-8-12-20)28-29-26(30)33-16-23(31)27-22-13-9-10-17(2)18(22)3/h5-13,15H,1,14,16H2,2-4H3,(H,27,31). The molecule has 0 radical (unpaired) electrons. The lowest BCUT2D eigenvalue weighted by atomic mass is 10.0. The van der Waals surface area contributed by atoms with Gasteiger partial charge >= 0.3 is 0 Å². The minimum absolute atomic E-state index is 0.0697. The van der Waals surface area contributed by atoms with Crippen molar-refractivity contribution in [2.24, 2.45) is 0 Å². The first kappa shape index (κ1) is 23.0. The van der Waals surface area contributed by atoms with Gasteiger partial charge in [0.25, 0.3) is 0 Å². The van der Waals surface area contributed by atoms with E-state index in [0.717, 1.165) is 33.8 Å². The molecular formula is C26H26N4OS2. The van der Waals surface area contributed by atoms with Gasteiger partial charge in [0.2, 0.25) is 5.91 Å². The Balaban J connectivity index is 1.58. The van der Waals surface area contributed by atoms with Gasteiger partial charge in [-0.25, -0.2) is 0 Å². The summed E-state index contributed by atoms with van der Waals surface area (Å²) in [5.74, 6) is 0.965. The summed E-state index contributed by atoms with van der Waals surface area (Å²) in [5.41, 5.74) is 6.44. The molecule has 2 aromatic heterocycles. The molecule has 4 aromatic rings. The molecule has 0 spiro atoms. The van der Waals surface area contributed by atoms with Crippen molar-refractivity contribution in [1.29, 1.82) is 0 Å². The summed E-state index contributed by atoms with van der Waals surface area (Å²) >= 11 is 3.08. The van der Waals surface area contributed by atoms with Gasteiger partial charge in [0, 0.05) is 33.6 Å². The Kier molecular flexibility index (Phi) is 7.11. The lowest BCUT2D eigenvalue weighted by Gasteiger charge is -2.11. The molecule has 0 bridgehead atoms. The number of rotatable bonds is 8. The summed E-state index contributed by atoms with van der Waals surface area (Å²) in [7, 11) is 0. The number of nitrogens with one attached hydrogen (secondary N) is 1. The van der Waals surface area contributed by atoms with Crippen LogP contribution in [0.2, 0.25) is 0 Å². The van der Waals surface area contributed by atoms with Gasteiger partial charge in [-0.05, 0) is 43.5 Å². The van der Waals surface area contributed by atoms with E-state index in [0.29, 0.717) is 11.7 Å². The summed E-state index contributed by atoms with van der Waals surface area (Å²) in [6.07, 6.45) is 1.83. The summed E-state index contributed by atoms with van der Waals surface area (Å²) < 4.78 is 2.02. The Morgan fingerprint density at radius 2 is 1.91 bits per heavy atom. The second kappa shape index (κ2) is 10.2. The van der Waals surface area contributed by atoms with E-state index >= 15 is 0 Å². The molecule has 0 saturated carbocycles. The number of thioether (sulfide) groups is 1. The average molecular weight is 475 g/mol. The zero-order chi connectivity index (χ0) is 23.4. The predicted molar refractivity (Wildman–Crippen MR) is 139 cm³/mol. The van der Waals surface area contributed by atoms with Crippen LogP contribution in [0.25, 0.3) is 22.5 Å². The van der Waals surface area contributed by atoms with Crippen molar-refractivity contribution in [2.45, 2.75) is 32.5 Å². The molecule has 1 N–H and O–H groups in total. The predicted octanol–water partition coefficient (Wildman–Crippen LogP) is 6.52. The van der Waals surface area contributed by atoms with Crippen molar-refractivity contribution >= 4 is 34.7 Å². The van der Waals surface area contributed by atoms with Crippen LogP contribution in [-0.4, -0.2) is 26.4 Å². The molecule has 2 aromatic carbocycles. The van der Waals surface area contributed by atoms with Crippen molar-refractivity contribution in [2.75, 3.05) is 11.1 Å². The van der Waals surface area contributed by atoms with Crippen LogP contribution in [0.3, 0.4) is 0 Å². The monoisotopic (exact) mass is 474 g/mol. The summed E-state index contributed by atoms with van der Waals surface area (Å²) in [5, 5.41) is 14.8. The molecule has 1 amide bonds. The molecule has 0 saturated heterocycles. The number of hydrogen-bond acceptors (Lipinski definition) is 5. The van der Waals surface area contributed by atoms with Crippen molar-refractivity contribution in [3.8, 4) is 22.5 Å². The molecule has 0 unspecified atom stereocenters. The second-order valence-electron chi connectivity index (χ2n) is 7.74. The number of carbonyl (C=O) groups is 1. The quantitative estimate of drug-likeness (QED) is 0.233. The molecule has 0 aliphatic heterocycles. The Hall–Kier alpha value is -3.16. The Labute approximate surface area is 202 Å². The van der Waals surface area contributed by atoms with Gasteiger partial charge in [-0.15, -0.1) is 28.1 Å². The van der Waals surface area contributed by atoms with E-state index in [1.165, 1.54) is 22.2 Å². The highest BCUT2D eigenvalue weighted by Crippen LogP contribution is 2.39. The van der Waals surface area contributed by atoms with Crippen molar-refractivity contribution in [3.05, 3.63) is 82.6 Å². The minimum atomic E-state index is -0.0697. The highest BCUT2D eigenvalue weighted by molar-refractivity contribution is 7.99. The number of thiophene rings is 1. The van der Waals surface area contributed by atoms with Crippen LogP contribution in [0.5, 0.6) is 0 Å². The molecule has 0 aliphatic rings. The second-order valence-corrected chi connectivity index (χ2v) is 9.76. The fourth-order valence-corrected chi connectivity index (χ4v) is 5.29. The van der Waals surface area contributed by atoms with Crippen LogP contribution in [0.15, 0.2) is 71.7 Å². The summed E-state index contributed by atoms with van der Waals surface area (Å²) in [6.45, 7) is 10.6. The molecule has 0 aliphatic carbocycles. The maximum atomic E-state index is 12.6. The number of nitrogens with zero attached hydrogens (tertiary/aromatic N) is 3. The fraction of sp³-hybridized carbons (Fsp3) is 0.192. The molecule has 33 heavy (non-hydrogen) atoms. The van der Waals surface area contributed by atoms with Crippen molar-refractivity contribution in [1.82, 2.24) is 14.8 Å². The van der Waals surface area contributed by atoms with Crippen LogP contribution in [0.1, 0.15) is 16.0 Å². The number of aromatic nitrogens is 3. The molecule has 168 valence electrons. The first-order valence-corrected chi connectivity index (χ1v) is 12.5. The lowest BCUT2D eigenvalue weighted by molar-refractivity contribution is -0.113. The number of amides is 1. The van der Waals surface area contributed by atoms with Gasteiger partial charge in [0.05, 0.1) is 5.75 Å². The van der Waals surface area contributed by atoms with Gasteiger partial charge in [0.15, 0.2) is 11.0 Å². The highest BCUT2D eigenvalue weighted by Gasteiger charge is 2.20. The van der Waals surface area contributed by atoms with Crippen LogP contribution in [-0.2, 0) is 11.3 Å². The number of hydrogen-bond donors (Lipinski definition) is 1. The van der Waals surface area contributed by atoms with E-state index in [4.69, 9.17) is 0 Å². The molecular weight excluding hydrogens is 448 g/mol. The zero-order valence-electron chi connectivity index (χ0n) is 19.0. The van der Waals surface area contributed by atoms with E-state index in [9.17, 15) is 4.79 Å². The van der Waals surface area contributed by atoms with E-state index in [1.807, 2.05) is 60.9 Å². The Morgan fingerprint density at radius 1 is 1.12 bits per heavy atom. The van der Waals surface area contributed by atoms with Crippen molar-refractivity contribution in [3.63, 3.8) is 0 Å². The highest BCUT2D eigenvalue weighted by atomic mass is 32.2. The minimum Gasteiger partial charge on any atom is -0.325 e. The third kappa shape index (κ3) is 4.94. The summed E-state index contributed by atoms with van der Waals surface area (Å²) in [4.78, 5) is 13.9. The smallest absolute Gasteiger partial charge is 0.234 e. The maximum Gasteiger partial charge on any atom is 0.234 e. The van der Waals surface area contributed by atoms with Crippen LogP contribution >= 0.6 is 23.1 Å². The number of aryl methyl sites for hydroxylation is 2. The third-order valence-corrected chi connectivity index (χ3v) is 7.40. The van der Waals surface area contributed by atoms with Gasteiger partial charge in [-0.1, -0.05) is 60.3 Å². The molecule has 0 fully saturated rings. The zero-order valence-corrected chi connectivity index (χ0v) is 20.6. The van der Waals surface area contributed by atoms with Gasteiger partial charge < -0.3 is 5.32 Å². The maximum absolute atomic E-state index is 12.6. The first-order valence-electron chi connectivity index (χ1n) is 10.7. The SMILES string of the molecule is C=CCn1c(SCC(=O)Nc2cccc(C)c2C)nnc1-c1csc(C)c1-c1ccccc1.